The molecule has 0 heterocycles. The zero-order valence-electron chi connectivity index (χ0n) is 11.4. The van der Waals surface area contributed by atoms with Crippen molar-refractivity contribution in [2.75, 3.05) is 7.05 Å². The Balaban J connectivity index is 2.05. The van der Waals surface area contributed by atoms with Gasteiger partial charge >= 0.3 is 6.18 Å². The smallest absolute Gasteiger partial charge is 0.317 e. The fourth-order valence-electron chi connectivity index (χ4n) is 2.34. The lowest BCUT2D eigenvalue weighted by Gasteiger charge is -2.17. The fraction of sp³-hybridized carbons (Fsp3) is 0.375. The molecule has 108 valence electrons. The Hall–Kier alpha value is -1.55. The summed E-state index contributed by atoms with van der Waals surface area (Å²) in [4.78, 5) is 0. The van der Waals surface area contributed by atoms with Crippen molar-refractivity contribution in [1.29, 1.82) is 0 Å². The Morgan fingerprint density at radius 1 is 1.05 bits per heavy atom. The third kappa shape index (κ3) is 4.23. The SMILES string of the molecule is CNC(CCC(F)(F)F)Cc1ccc2ccccc2c1. The first-order chi connectivity index (χ1) is 9.48. The van der Waals surface area contributed by atoms with Crippen molar-refractivity contribution in [3.8, 4) is 0 Å². The molecule has 1 N–H and O–H groups in total. The zero-order valence-corrected chi connectivity index (χ0v) is 11.4. The van der Waals surface area contributed by atoms with E-state index in [2.05, 4.69) is 5.32 Å². The molecule has 2 rings (SSSR count). The van der Waals surface area contributed by atoms with Gasteiger partial charge in [-0.05, 0) is 36.2 Å². The minimum Gasteiger partial charge on any atom is -0.317 e. The van der Waals surface area contributed by atoms with Gasteiger partial charge in [-0.25, -0.2) is 0 Å². The van der Waals surface area contributed by atoms with Gasteiger partial charge in [-0.15, -0.1) is 0 Å². The summed E-state index contributed by atoms with van der Waals surface area (Å²) >= 11 is 0. The van der Waals surface area contributed by atoms with Gasteiger partial charge in [-0.1, -0.05) is 42.5 Å². The number of benzene rings is 2. The van der Waals surface area contributed by atoms with E-state index in [0.29, 0.717) is 6.42 Å². The second kappa shape index (κ2) is 6.27. The third-order valence-corrected chi connectivity index (χ3v) is 3.48. The monoisotopic (exact) mass is 281 g/mol. The molecule has 0 radical (unpaired) electrons. The van der Waals surface area contributed by atoms with Crippen LogP contribution in [0.2, 0.25) is 0 Å². The van der Waals surface area contributed by atoms with Gasteiger partial charge in [-0.3, -0.25) is 0 Å². The number of likely N-dealkylation sites (N-methyl/N-ethyl adjacent to an activating group) is 1. The van der Waals surface area contributed by atoms with E-state index < -0.39 is 12.6 Å². The quantitative estimate of drug-likeness (QED) is 0.861. The molecule has 0 bridgehead atoms. The van der Waals surface area contributed by atoms with Crippen molar-refractivity contribution in [2.45, 2.75) is 31.5 Å². The number of nitrogens with one attached hydrogen (secondary N) is 1. The maximum absolute atomic E-state index is 12.3. The molecular weight excluding hydrogens is 263 g/mol. The Labute approximate surface area is 116 Å². The number of fused-ring (bicyclic) bond motifs is 1. The molecule has 1 atom stereocenters. The Bertz CT molecular complexity index is 563. The van der Waals surface area contributed by atoms with Crippen LogP contribution in [-0.4, -0.2) is 19.3 Å². The topological polar surface area (TPSA) is 12.0 Å². The van der Waals surface area contributed by atoms with Gasteiger partial charge < -0.3 is 5.32 Å². The second-order valence-corrected chi connectivity index (χ2v) is 5.03. The van der Waals surface area contributed by atoms with Gasteiger partial charge in [0.25, 0.3) is 0 Å². The summed E-state index contributed by atoms with van der Waals surface area (Å²) < 4.78 is 36.8. The largest absolute Gasteiger partial charge is 0.389 e. The maximum Gasteiger partial charge on any atom is 0.389 e. The molecule has 0 amide bonds. The molecule has 0 aliphatic carbocycles. The number of halogens is 3. The lowest BCUT2D eigenvalue weighted by atomic mass is 9.99. The lowest BCUT2D eigenvalue weighted by molar-refractivity contribution is -0.136. The number of hydrogen-bond acceptors (Lipinski definition) is 1. The molecule has 0 spiro atoms. The third-order valence-electron chi connectivity index (χ3n) is 3.48. The normalized spacial score (nSPS) is 13.6. The predicted octanol–water partition coefficient (Wildman–Crippen LogP) is 4.31. The van der Waals surface area contributed by atoms with E-state index in [1.165, 1.54) is 0 Å². The molecule has 0 saturated carbocycles. The van der Waals surface area contributed by atoms with Crippen LogP contribution in [0.1, 0.15) is 18.4 Å². The molecule has 0 fully saturated rings. The summed E-state index contributed by atoms with van der Waals surface area (Å²) in [6, 6.07) is 13.9. The molecule has 20 heavy (non-hydrogen) atoms. The van der Waals surface area contributed by atoms with E-state index in [0.717, 1.165) is 16.3 Å². The predicted molar refractivity (Wildman–Crippen MR) is 75.8 cm³/mol. The van der Waals surface area contributed by atoms with Gasteiger partial charge in [0.1, 0.15) is 0 Å². The molecule has 2 aromatic rings. The highest BCUT2D eigenvalue weighted by Crippen LogP contribution is 2.23. The van der Waals surface area contributed by atoms with E-state index in [1.54, 1.807) is 7.05 Å². The highest BCUT2D eigenvalue weighted by Gasteiger charge is 2.27. The highest BCUT2D eigenvalue weighted by molar-refractivity contribution is 5.82. The van der Waals surface area contributed by atoms with Gasteiger partial charge in [0.05, 0.1) is 0 Å². The summed E-state index contributed by atoms with van der Waals surface area (Å²) in [5.41, 5.74) is 1.06. The van der Waals surface area contributed by atoms with Crippen LogP contribution in [0.5, 0.6) is 0 Å². The Morgan fingerprint density at radius 3 is 2.40 bits per heavy atom. The maximum atomic E-state index is 12.3. The van der Waals surface area contributed by atoms with Crippen LogP contribution in [0.4, 0.5) is 13.2 Å². The van der Waals surface area contributed by atoms with Gasteiger partial charge in [0, 0.05) is 12.5 Å². The minimum atomic E-state index is -4.08. The molecule has 1 nitrogen and oxygen atoms in total. The number of hydrogen-bond donors (Lipinski definition) is 1. The van der Waals surface area contributed by atoms with E-state index in [1.807, 2.05) is 42.5 Å². The van der Waals surface area contributed by atoms with Crippen LogP contribution in [0, 0.1) is 0 Å². The summed E-state index contributed by atoms with van der Waals surface area (Å²) in [7, 11) is 1.71. The van der Waals surface area contributed by atoms with Crippen LogP contribution < -0.4 is 5.32 Å². The van der Waals surface area contributed by atoms with Crippen molar-refractivity contribution in [3.63, 3.8) is 0 Å². The molecule has 4 heteroatoms. The first kappa shape index (κ1) is 14.9. The highest BCUT2D eigenvalue weighted by atomic mass is 19.4. The Kier molecular flexibility index (Phi) is 4.65. The van der Waals surface area contributed by atoms with Crippen LogP contribution in [-0.2, 0) is 6.42 Å². The van der Waals surface area contributed by atoms with Crippen molar-refractivity contribution in [2.24, 2.45) is 0 Å². The first-order valence-electron chi connectivity index (χ1n) is 6.69. The summed E-state index contributed by atoms with van der Waals surface area (Å²) in [5.74, 6) is 0. The summed E-state index contributed by atoms with van der Waals surface area (Å²) in [5, 5.41) is 5.24. The summed E-state index contributed by atoms with van der Waals surface area (Å²) in [6.45, 7) is 0. The van der Waals surface area contributed by atoms with Crippen molar-refractivity contribution in [1.82, 2.24) is 5.32 Å². The van der Waals surface area contributed by atoms with E-state index in [4.69, 9.17) is 0 Å². The molecule has 0 saturated heterocycles. The van der Waals surface area contributed by atoms with Crippen LogP contribution in [0.25, 0.3) is 10.8 Å². The molecular formula is C16H18F3N. The Morgan fingerprint density at radius 2 is 1.75 bits per heavy atom. The molecule has 0 aliphatic heterocycles. The van der Waals surface area contributed by atoms with Gasteiger partial charge in [0.15, 0.2) is 0 Å². The molecule has 1 unspecified atom stereocenters. The summed E-state index contributed by atoms with van der Waals surface area (Å²) in [6.07, 6.45) is -4.12. The van der Waals surface area contributed by atoms with Crippen LogP contribution in [0.3, 0.4) is 0 Å². The zero-order chi connectivity index (χ0) is 14.6. The minimum absolute atomic E-state index is 0.104. The van der Waals surface area contributed by atoms with E-state index in [9.17, 15) is 13.2 Å². The average molecular weight is 281 g/mol. The molecule has 2 aromatic carbocycles. The first-order valence-corrected chi connectivity index (χ1v) is 6.69. The lowest BCUT2D eigenvalue weighted by Crippen LogP contribution is -2.29. The fourth-order valence-corrected chi connectivity index (χ4v) is 2.34. The van der Waals surface area contributed by atoms with E-state index in [-0.39, 0.29) is 12.5 Å². The van der Waals surface area contributed by atoms with Crippen molar-refractivity contribution >= 4 is 10.8 Å². The van der Waals surface area contributed by atoms with Crippen molar-refractivity contribution in [3.05, 3.63) is 48.0 Å². The van der Waals surface area contributed by atoms with E-state index >= 15 is 0 Å². The van der Waals surface area contributed by atoms with Crippen LogP contribution in [0.15, 0.2) is 42.5 Å². The van der Waals surface area contributed by atoms with Crippen LogP contribution >= 0.6 is 0 Å². The number of rotatable bonds is 5. The molecule has 0 aromatic heterocycles. The standard InChI is InChI=1S/C16H18F3N/c1-20-15(8-9-16(17,18)19)11-12-6-7-13-4-2-3-5-14(13)10-12/h2-7,10,15,20H,8-9,11H2,1H3. The van der Waals surface area contributed by atoms with Gasteiger partial charge in [-0.2, -0.15) is 13.2 Å². The second-order valence-electron chi connectivity index (χ2n) is 5.03. The van der Waals surface area contributed by atoms with Gasteiger partial charge in [0.2, 0.25) is 0 Å². The molecule has 0 aliphatic rings. The number of alkyl halides is 3. The average Bonchev–Trinajstić information content (AvgIpc) is 2.42. The van der Waals surface area contributed by atoms with Crippen molar-refractivity contribution < 1.29 is 13.2 Å².